The number of carbonyl (C=O) groups excluding carboxylic acids is 2. The van der Waals surface area contributed by atoms with E-state index in [1.165, 1.54) is 0 Å². The van der Waals surface area contributed by atoms with Gasteiger partial charge in [-0.1, -0.05) is 39.7 Å². The van der Waals surface area contributed by atoms with Gasteiger partial charge in [-0.05, 0) is 37.7 Å². The van der Waals surface area contributed by atoms with Crippen molar-refractivity contribution in [1.82, 2.24) is 0 Å². The van der Waals surface area contributed by atoms with Gasteiger partial charge >= 0.3 is 0 Å². The predicted molar refractivity (Wildman–Crippen MR) is 82.5 cm³/mol. The number of carbonyl (C=O) groups is 2. The molecule has 0 saturated heterocycles. The summed E-state index contributed by atoms with van der Waals surface area (Å²) in [5.41, 5.74) is 0.756. The summed E-state index contributed by atoms with van der Waals surface area (Å²) in [5.74, 6) is 0.242. The van der Waals surface area contributed by atoms with Gasteiger partial charge in [-0.2, -0.15) is 0 Å². The lowest BCUT2D eigenvalue weighted by Gasteiger charge is -2.18. The fraction of sp³-hybridized carbons (Fsp3) is 0.765. The number of aliphatic hydroxyl groups excluding tert-OH is 1. The molecule has 0 aliphatic rings. The van der Waals surface area contributed by atoms with Crippen molar-refractivity contribution < 1.29 is 14.7 Å². The summed E-state index contributed by atoms with van der Waals surface area (Å²) in [7, 11) is 0. The van der Waals surface area contributed by atoms with Gasteiger partial charge in [-0.25, -0.2) is 0 Å². The molecule has 0 bridgehead atoms. The molecule has 20 heavy (non-hydrogen) atoms. The second-order valence-corrected chi connectivity index (χ2v) is 6.04. The Morgan fingerprint density at radius 3 is 2.35 bits per heavy atom. The third-order valence-electron chi connectivity index (χ3n) is 3.60. The number of unbranched alkanes of at least 4 members (excludes halogenated alkanes) is 3. The van der Waals surface area contributed by atoms with Crippen molar-refractivity contribution in [2.24, 2.45) is 11.8 Å². The molecule has 0 heterocycles. The molecule has 0 amide bonds. The van der Waals surface area contributed by atoms with E-state index in [0.717, 1.165) is 37.5 Å². The topological polar surface area (TPSA) is 54.4 Å². The maximum absolute atomic E-state index is 12.2. The van der Waals surface area contributed by atoms with Gasteiger partial charge in [0.05, 0.1) is 6.10 Å². The molecule has 0 aromatic heterocycles. The Morgan fingerprint density at radius 1 is 1.15 bits per heavy atom. The van der Waals surface area contributed by atoms with E-state index in [-0.39, 0.29) is 11.7 Å². The van der Waals surface area contributed by atoms with Gasteiger partial charge in [0.15, 0.2) is 5.78 Å². The van der Waals surface area contributed by atoms with Crippen molar-refractivity contribution in [2.45, 2.75) is 72.3 Å². The number of rotatable bonds is 11. The van der Waals surface area contributed by atoms with Gasteiger partial charge < -0.3 is 9.90 Å². The molecule has 1 N–H and O–H groups in total. The quantitative estimate of drug-likeness (QED) is 0.357. The number of aldehydes is 1. The van der Waals surface area contributed by atoms with Crippen LogP contribution in [0.15, 0.2) is 11.6 Å². The molecule has 0 fully saturated rings. The fourth-order valence-electron chi connectivity index (χ4n) is 2.05. The normalized spacial score (nSPS) is 15.2. The Kier molecular flexibility index (Phi) is 10.3. The van der Waals surface area contributed by atoms with Crippen LogP contribution >= 0.6 is 0 Å². The number of ketones is 1. The minimum absolute atomic E-state index is 0.0473. The summed E-state index contributed by atoms with van der Waals surface area (Å²) in [4.78, 5) is 22.3. The maximum atomic E-state index is 12.2. The van der Waals surface area contributed by atoms with E-state index < -0.39 is 6.10 Å². The second kappa shape index (κ2) is 10.8. The van der Waals surface area contributed by atoms with E-state index in [2.05, 4.69) is 13.8 Å². The third kappa shape index (κ3) is 8.26. The summed E-state index contributed by atoms with van der Waals surface area (Å²) < 4.78 is 0. The predicted octanol–water partition coefficient (Wildman–Crippen LogP) is 3.69. The van der Waals surface area contributed by atoms with Gasteiger partial charge in [-0.3, -0.25) is 4.79 Å². The van der Waals surface area contributed by atoms with Crippen LogP contribution in [0.2, 0.25) is 0 Å². The van der Waals surface area contributed by atoms with Crippen LogP contribution in [0.3, 0.4) is 0 Å². The van der Waals surface area contributed by atoms with Crippen LogP contribution in [-0.4, -0.2) is 23.3 Å². The van der Waals surface area contributed by atoms with Crippen LogP contribution in [0.1, 0.15) is 66.2 Å². The highest BCUT2D eigenvalue weighted by Crippen LogP contribution is 2.17. The molecule has 0 aromatic carbocycles. The number of aliphatic hydroxyl groups is 1. The average Bonchev–Trinajstić information content (AvgIpc) is 2.42. The lowest BCUT2D eigenvalue weighted by atomic mass is 9.91. The van der Waals surface area contributed by atoms with Gasteiger partial charge in [0, 0.05) is 12.3 Å². The van der Waals surface area contributed by atoms with Gasteiger partial charge in [0.25, 0.3) is 0 Å². The molecule has 2 atom stereocenters. The lowest BCUT2D eigenvalue weighted by Crippen LogP contribution is -2.26. The van der Waals surface area contributed by atoms with Crippen LogP contribution < -0.4 is 0 Å². The Balaban J connectivity index is 4.14. The summed E-state index contributed by atoms with van der Waals surface area (Å²) in [6.07, 6.45) is 7.08. The van der Waals surface area contributed by atoms with E-state index in [1.807, 2.05) is 13.0 Å². The van der Waals surface area contributed by atoms with Gasteiger partial charge in [-0.15, -0.1) is 0 Å². The first kappa shape index (κ1) is 19.0. The first-order chi connectivity index (χ1) is 9.40. The highest BCUT2D eigenvalue weighted by atomic mass is 16.3. The zero-order valence-corrected chi connectivity index (χ0v) is 13.4. The number of hydrogen-bond acceptors (Lipinski definition) is 3. The monoisotopic (exact) mass is 282 g/mol. The van der Waals surface area contributed by atoms with Crippen molar-refractivity contribution in [1.29, 1.82) is 0 Å². The van der Waals surface area contributed by atoms with Crippen LogP contribution in [0.5, 0.6) is 0 Å². The van der Waals surface area contributed by atoms with Gasteiger partial charge in [0.1, 0.15) is 6.29 Å². The van der Waals surface area contributed by atoms with Crippen molar-refractivity contribution in [3.8, 4) is 0 Å². The van der Waals surface area contributed by atoms with E-state index >= 15 is 0 Å². The zero-order chi connectivity index (χ0) is 15.5. The number of Topliss-reactive ketones (excluding diaryl/α,β-unsaturated/α-hetero) is 1. The number of hydrogen-bond donors (Lipinski definition) is 1. The van der Waals surface area contributed by atoms with Crippen molar-refractivity contribution in [3.05, 3.63) is 11.6 Å². The SMILES string of the molecule is C/C(=C\CC(C)C)C(=O)[C@@H](C)[C@@H](O)CCCCCC=O. The highest BCUT2D eigenvalue weighted by molar-refractivity contribution is 5.96. The number of allylic oxidation sites excluding steroid dienone is 2. The minimum atomic E-state index is -0.582. The Bertz CT molecular complexity index is 318. The van der Waals surface area contributed by atoms with Gasteiger partial charge in [0.2, 0.25) is 0 Å². The highest BCUT2D eigenvalue weighted by Gasteiger charge is 2.22. The van der Waals surface area contributed by atoms with E-state index in [9.17, 15) is 14.7 Å². The van der Waals surface area contributed by atoms with E-state index in [4.69, 9.17) is 0 Å². The average molecular weight is 282 g/mol. The summed E-state index contributed by atoms with van der Waals surface area (Å²) in [6, 6.07) is 0. The molecule has 0 radical (unpaired) electrons. The molecule has 0 aliphatic carbocycles. The smallest absolute Gasteiger partial charge is 0.163 e. The fourth-order valence-corrected chi connectivity index (χ4v) is 2.05. The van der Waals surface area contributed by atoms with E-state index in [0.29, 0.717) is 18.8 Å². The summed E-state index contributed by atoms with van der Waals surface area (Å²) in [6.45, 7) is 7.86. The molecule has 3 heteroatoms. The largest absolute Gasteiger partial charge is 0.392 e. The third-order valence-corrected chi connectivity index (χ3v) is 3.60. The minimum Gasteiger partial charge on any atom is -0.392 e. The second-order valence-electron chi connectivity index (χ2n) is 6.04. The molecule has 0 saturated carbocycles. The van der Waals surface area contributed by atoms with Crippen molar-refractivity contribution >= 4 is 12.1 Å². The standard InChI is InChI=1S/C17H30O3/c1-13(2)10-11-14(3)17(20)15(4)16(19)9-7-5-6-8-12-18/h11-13,15-16,19H,5-10H2,1-4H3/b14-11+/t15-,16-/m0/s1. The Morgan fingerprint density at radius 2 is 1.80 bits per heavy atom. The first-order valence-electron chi connectivity index (χ1n) is 7.72. The molecule has 0 unspecified atom stereocenters. The summed E-state index contributed by atoms with van der Waals surface area (Å²) in [5, 5.41) is 10.1. The first-order valence-corrected chi connectivity index (χ1v) is 7.72. The maximum Gasteiger partial charge on any atom is 0.163 e. The van der Waals surface area contributed by atoms with Crippen LogP contribution in [-0.2, 0) is 9.59 Å². The zero-order valence-electron chi connectivity index (χ0n) is 13.4. The Labute approximate surface area is 123 Å². The molecule has 116 valence electrons. The van der Waals surface area contributed by atoms with Crippen molar-refractivity contribution in [3.63, 3.8) is 0 Å². The van der Waals surface area contributed by atoms with Crippen LogP contribution in [0.4, 0.5) is 0 Å². The molecular formula is C17H30O3. The lowest BCUT2D eigenvalue weighted by molar-refractivity contribution is -0.122. The molecular weight excluding hydrogens is 252 g/mol. The van der Waals surface area contributed by atoms with E-state index in [1.54, 1.807) is 6.92 Å². The molecule has 3 nitrogen and oxygen atoms in total. The molecule has 0 rings (SSSR count). The summed E-state index contributed by atoms with van der Waals surface area (Å²) >= 11 is 0. The van der Waals surface area contributed by atoms with Crippen LogP contribution in [0, 0.1) is 11.8 Å². The van der Waals surface area contributed by atoms with Crippen molar-refractivity contribution in [2.75, 3.05) is 0 Å². The molecule has 0 aliphatic heterocycles. The Hall–Kier alpha value is -0.960. The molecule has 0 aromatic rings. The molecule has 0 spiro atoms. The van der Waals surface area contributed by atoms with Crippen LogP contribution in [0.25, 0.3) is 0 Å².